The molecule has 70 valence electrons. The van der Waals surface area contributed by atoms with Gasteiger partial charge in [0, 0.05) is 18.8 Å². The lowest BCUT2D eigenvalue weighted by Crippen LogP contribution is -2.14. The highest BCUT2D eigenvalue weighted by Gasteiger charge is 2.14. The third-order valence-electron chi connectivity index (χ3n) is 2.00. The van der Waals surface area contributed by atoms with E-state index in [-0.39, 0.29) is 6.04 Å². The van der Waals surface area contributed by atoms with Crippen LogP contribution < -0.4 is 5.32 Å². The van der Waals surface area contributed by atoms with Gasteiger partial charge in [0.05, 0.1) is 11.8 Å². The van der Waals surface area contributed by atoms with E-state index in [1.807, 2.05) is 20.2 Å². The van der Waals surface area contributed by atoms with E-state index in [1.165, 1.54) is 0 Å². The maximum absolute atomic E-state index is 8.86. The van der Waals surface area contributed by atoms with Crippen LogP contribution in [0.2, 0.25) is 0 Å². The first kappa shape index (κ1) is 9.75. The minimum atomic E-state index is -0.247. The fraction of sp³-hybridized carbons (Fsp3) is 0.556. The third-order valence-corrected chi connectivity index (χ3v) is 2.00. The first-order chi connectivity index (χ1) is 6.22. The van der Waals surface area contributed by atoms with Crippen molar-refractivity contribution >= 4 is 0 Å². The van der Waals surface area contributed by atoms with Gasteiger partial charge >= 0.3 is 0 Å². The Labute approximate surface area is 78.2 Å². The molecule has 0 radical (unpaired) electrons. The molecule has 1 atom stereocenters. The second-order valence-corrected chi connectivity index (χ2v) is 2.91. The molecule has 0 aromatic carbocycles. The number of hydrogen-bond acceptors (Lipinski definition) is 3. The molecule has 1 aromatic heterocycles. The summed E-state index contributed by atoms with van der Waals surface area (Å²) < 4.78 is 1.75. The van der Waals surface area contributed by atoms with Crippen molar-refractivity contribution in [3.8, 4) is 6.07 Å². The van der Waals surface area contributed by atoms with Gasteiger partial charge in [-0.25, -0.2) is 0 Å². The molecule has 4 nitrogen and oxygen atoms in total. The minimum absolute atomic E-state index is 0.247. The summed E-state index contributed by atoms with van der Waals surface area (Å²) in [5.74, 6) is 0. The van der Waals surface area contributed by atoms with Crippen molar-refractivity contribution in [2.45, 2.75) is 19.4 Å². The molecule has 1 unspecified atom stereocenters. The quantitative estimate of drug-likeness (QED) is 0.743. The molecule has 0 amide bonds. The van der Waals surface area contributed by atoms with Crippen molar-refractivity contribution in [1.82, 2.24) is 15.1 Å². The van der Waals surface area contributed by atoms with Gasteiger partial charge in [-0.05, 0) is 13.5 Å². The smallest absolute Gasteiger partial charge is 0.124 e. The highest BCUT2D eigenvalue weighted by molar-refractivity contribution is 5.26. The van der Waals surface area contributed by atoms with Gasteiger partial charge in [-0.15, -0.1) is 0 Å². The van der Waals surface area contributed by atoms with E-state index in [9.17, 15) is 0 Å². The number of rotatable bonds is 3. The van der Waals surface area contributed by atoms with Crippen molar-refractivity contribution in [3.05, 3.63) is 17.5 Å². The van der Waals surface area contributed by atoms with Gasteiger partial charge in [0.15, 0.2) is 0 Å². The van der Waals surface area contributed by atoms with E-state index >= 15 is 0 Å². The van der Waals surface area contributed by atoms with Gasteiger partial charge in [-0.3, -0.25) is 4.68 Å². The summed E-state index contributed by atoms with van der Waals surface area (Å²) in [5.41, 5.74) is 1.97. The molecule has 0 fully saturated rings. The second-order valence-electron chi connectivity index (χ2n) is 2.91. The molecule has 1 rings (SSSR count). The van der Waals surface area contributed by atoms with E-state index in [2.05, 4.69) is 16.5 Å². The lowest BCUT2D eigenvalue weighted by Gasteiger charge is -2.05. The van der Waals surface area contributed by atoms with Gasteiger partial charge in [-0.2, -0.15) is 10.4 Å². The minimum Gasteiger partial charge on any atom is -0.301 e. The zero-order chi connectivity index (χ0) is 9.84. The number of aromatic nitrogens is 2. The zero-order valence-corrected chi connectivity index (χ0v) is 8.20. The number of nitriles is 1. The Morgan fingerprint density at radius 1 is 1.77 bits per heavy atom. The molecular formula is C9H14N4. The van der Waals surface area contributed by atoms with Crippen molar-refractivity contribution < 1.29 is 0 Å². The van der Waals surface area contributed by atoms with E-state index < -0.39 is 0 Å². The van der Waals surface area contributed by atoms with Crippen LogP contribution in [0.5, 0.6) is 0 Å². The highest BCUT2D eigenvalue weighted by atomic mass is 15.3. The molecule has 13 heavy (non-hydrogen) atoms. The van der Waals surface area contributed by atoms with Crippen LogP contribution in [0.25, 0.3) is 0 Å². The highest BCUT2D eigenvalue weighted by Crippen LogP contribution is 2.15. The van der Waals surface area contributed by atoms with Gasteiger partial charge in [0.2, 0.25) is 0 Å². The van der Waals surface area contributed by atoms with Gasteiger partial charge in [0.1, 0.15) is 6.04 Å². The van der Waals surface area contributed by atoms with Gasteiger partial charge < -0.3 is 5.32 Å². The van der Waals surface area contributed by atoms with Crippen molar-refractivity contribution in [2.75, 3.05) is 7.05 Å². The molecular weight excluding hydrogens is 164 g/mol. The normalized spacial score (nSPS) is 12.5. The molecule has 4 heteroatoms. The van der Waals surface area contributed by atoms with Crippen molar-refractivity contribution in [1.29, 1.82) is 5.26 Å². The van der Waals surface area contributed by atoms with Crippen LogP contribution in [0.3, 0.4) is 0 Å². The average molecular weight is 178 g/mol. The topological polar surface area (TPSA) is 53.6 Å². The van der Waals surface area contributed by atoms with Crippen LogP contribution >= 0.6 is 0 Å². The molecule has 0 bridgehead atoms. The van der Waals surface area contributed by atoms with E-state index in [0.29, 0.717) is 0 Å². The molecule has 0 spiro atoms. The van der Waals surface area contributed by atoms with Gasteiger partial charge in [-0.1, -0.05) is 6.92 Å². The number of hydrogen-bond donors (Lipinski definition) is 1. The Kier molecular flexibility index (Phi) is 3.04. The fourth-order valence-electron chi connectivity index (χ4n) is 1.36. The molecule has 1 N–H and O–H groups in total. The predicted molar refractivity (Wildman–Crippen MR) is 50.0 cm³/mol. The zero-order valence-electron chi connectivity index (χ0n) is 8.20. The fourth-order valence-corrected chi connectivity index (χ4v) is 1.36. The average Bonchev–Trinajstić information content (AvgIpc) is 2.49. The van der Waals surface area contributed by atoms with Crippen LogP contribution in [-0.2, 0) is 13.5 Å². The van der Waals surface area contributed by atoms with E-state index in [0.717, 1.165) is 17.7 Å². The standard InChI is InChI=1S/C9H14N4/c1-4-8-7(6-13(3)12-8)9(5-10)11-2/h6,9,11H,4H2,1-3H3. The maximum atomic E-state index is 8.86. The van der Waals surface area contributed by atoms with E-state index in [4.69, 9.17) is 5.26 Å². The molecule has 1 heterocycles. The summed E-state index contributed by atoms with van der Waals surface area (Å²) in [6.45, 7) is 2.04. The Bertz CT molecular complexity index is 321. The lowest BCUT2D eigenvalue weighted by atomic mass is 10.1. The van der Waals surface area contributed by atoms with Crippen LogP contribution in [0.15, 0.2) is 6.20 Å². The summed E-state index contributed by atoms with van der Waals surface area (Å²) in [6.07, 6.45) is 2.75. The monoisotopic (exact) mass is 178 g/mol. The largest absolute Gasteiger partial charge is 0.301 e. The third kappa shape index (κ3) is 1.87. The summed E-state index contributed by atoms with van der Waals surface area (Å²) in [5, 5.41) is 16.1. The van der Waals surface area contributed by atoms with Crippen molar-refractivity contribution in [2.24, 2.45) is 7.05 Å². The van der Waals surface area contributed by atoms with Crippen LogP contribution in [0.1, 0.15) is 24.2 Å². The van der Waals surface area contributed by atoms with Crippen LogP contribution in [0.4, 0.5) is 0 Å². The maximum Gasteiger partial charge on any atom is 0.124 e. The van der Waals surface area contributed by atoms with E-state index in [1.54, 1.807) is 11.7 Å². The Hall–Kier alpha value is -1.34. The molecule has 0 saturated carbocycles. The first-order valence-corrected chi connectivity index (χ1v) is 4.32. The van der Waals surface area contributed by atoms with Crippen LogP contribution in [-0.4, -0.2) is 16.8 Å². The SMILES string of the molecule is CCc1nn(C)cc1C(C#N)NC. The molecule has 0 aliphatic rings. The molecule has 0 aliphatic heterocycles. The summed E-state index contributed by atoms with van der Waals surface area (Å²) in [6, 6.07) is 1.94. The van der Waals surface area contributed by atoms with Crippen LogP contribution in [0, 0.1) is 11.3 Å². The Morgan fingerprint density at radius 2 is 2.46 bits per heavy atom. The Morgan fingerprint density at radius 3 is 2.92 bits per heavy atom. The first-order valence-electron chi connectivity index (χ1n) is 4.32. The second kappa shape index (κ2) is 4.06. The molecule has 1 aromatic rings. The lowest BCUT2D eigenvalue weighted by molar-refractivity contribution is 0.718. The number of aryl methyl sites for hydroxylation is 2. The Balaban J connectivity index is 3.05. The predicted octanol–water partition coefficient (Wildman–Crippen LogP) is 0.767. The number of nitrogens with zero attached hydrogens (tertiary/aromatic N) is 3. The molecule has 0 saturated heterocycles. The van der Waals surface area contributed by atoms with Crippen molar-refractivity contribution in [3.63, 3.8) is 0 Å². The summed E-state index contributed by atoms with van der Waals surface area (Å²) in [7, 11) is 3.65. The summed E-state index contributed by atoms with van der Waals surface area (Å²) in [4.78, 5) is 0. The summed E-state index contributed by atoms with van der Waals surface area (Å²) >= 11 is 0. The van der Waals surface area contributed by atoms with Gasteiger partial charge in [0.25, 0.3) is 0 Å². The molecule has 0 aliphatic carbocycles. The number of nitrogens with one attached hydrogen (secondary N) is 1.